The summed E-state index contributed by atoms with van der Waals surface area (Å²) in [5.41, 5.74) is 1.49. The zero-order valence-corrected chi connectivity index (χ0v) is 18.7. The minimum absolute atomic E-state index is 0.147. The maximum absolute atomic E-state index is 13.2. The Kier molecular flexibility index (Phi) is 6.62. The van der Waals surface area contributed by atoms with Crippen LogP contribution in [-0.2, 0) is 11.2 Å². The van der Waals surface area contributed by atoms with Crippen molar-refractivity contribution in [1.82, 2.24) is 15.2 Å². The van der Waals surface area contributed by atoms with Crippen LogP contribution in [0.4, 0.5) is 11.4 Å². The number of carbonyl (C=O) groups is 1. The first-order valence-corrected chi connectivity index (χ1v) is 11.5. The highest BCUT2D eigenvalue weighted by Gasteiger charge is 2.26. The Balaban J connectivity index is 1.57. The molecule has 0 saturated heterocycles. The number of benzene rings is 2. The Bertz CT molecular complexity index is 1230. The number of rotatable bonds is 8. The lowest BCUT2D eigenvalue weighted by atomic mass is 10.1. The van der Waals surface area contributed by atoms with E-state index in [4.69, 9.17) is 0 Å². The molecule has 0 fully saturated rings. The van der Waals surface area contributed by atoms with Crippen LogP contribution in [0.1, 0.15) is 27.1 Å². The standard InChI is InChI=1S/C22H19N5O3S2/c1-14-9-10-17(18(12-14)27(29)30)23-21(28)20(15-6-3-2-4-7-15)32-22-24-19(25-26-22)13-16-8-5-11-31-16/h2-12,20H,13H2,1H3,(H,23,28)(H,24,25,26). The van der Waals surface area contributed by atoms with Gasteiger partial charge < -0.3 is 5.32 Å². The molecule has 1 atom stereocenters. The molecule has 2 N–H and O–H groups in total. The molecule has 4 aromatic rings. The van der Waals surface area contributed by atoms with Crippen molar-refractivity contribution in [2.75, 3.05) is 5.32 Å². The van der Waals surface area contributed by atoms with Crippen LogP contribution in [0.5, 0.6) is 0 Å². The first kappa shape index (κ1) is 21.7. The van der Waals surface area contributed by atoms with Crippen LogP contribution in [0, 0.1) is 17.0 Å². The van der Waals surface area contributed by atoms with Gasteiger partial charge in [-0.1, -0.05) is 54.2 Å². The van der Waals surface area contributed by atoms with Crippen molar-refractivity contribution >= 4 is 40.4 Å². The Morgan fingerprint density at radius 2 is 2.03 bits per heavy atom. The molecule has 1 amide bonds. The van der Waals surface area contributed by atoms with Gasteiger partial charge in [0.15, 0.2) is 0 Å². The van der Waals surface area contributed by atoms with Gasteiger partial charge >= 0.3 is 0 Å². The number of thioether (sulfide) groups is 1. The zero-order chi connectivity index (χ0) is 22.5. The Morgan fingerprint density at radius 3 is 2.75 bits per heavy atom. The summed E-state index contributed by atoms with van der Waals surface area (Å²) in [6.07, 6.45) is 0.628. The number of nitrogens with one attached hydrogen (secondary N) is 2. The molecule has 0 aliphatic rings. The van der Waals surface area contributed by atoms with Crippen LogP contribution in [0.25, 0.3) is 0 Å². The summed E-state index contributed by atoms with van der Waals surface area (Å²) in [5.74, 6) is 0.314. The molecule has 2 heterocycles. The molecule has 8 nitrogen and oxygen atoms in total. The number of nitro groups is 1. The summed E-state index contributed by atoms with van der Waals surface area (Å²) in [4.78, 5) is 29.8. The van der Waals surface area contributed by atoms with Crippen molar-refractivity contribution in [1.29, 1.82) is 0 Å². The first-order valence-electron chi connectivity index (χ1n) is 9.71. The van der Waals surface area contributed by atoms with Gasteiger partial charge in [-0.3, -0.25) is 20.0 Å². The van der Waals surface area contributed by atoms with Gasteiger partial charge in [0.25, 0.3) is 5.69 Å². The zero-order valence-electron chi connectivity index (χ0n) is 17.0. The van der Waals surface area contributed by atoms with Crippen molar-refractivity contribution in [2.45, 2.75) is 23.8 Å². The average Bonchev–Trinajstić information content (AvgIpc) is 3.46. The lowest BCUT2D eigenvalue weighted by Gasteiger charge is -2.15. The molecule has 0 spiro atoms. The topological polar surface area (TPSA) is 114 Å². The highest BCUT2D eigenvalue weighted by atomic mass is 32.2. The molecule has 2 aromatic heterocycles. The Morgan fingerprint density at radius 1 is 1.22 bits per heavy atom. The smallest absolute Gasteiger partial charge is 0.293 e. The molecule has 1 unspecified atom stereocenters. The van der Waals surface area contributed by atoms with E-state index in [1.54, 1.807) is 30.4 Å². The van der Waals surface area contributed by atoms with E-state index < -0.39 is 16.1 Å². The predicted molar refractivity (Wildman–Crippen MR) is 125 cm³/mol. The monoisotopic (exact) mass is 465 g/mol. The van der Waals surface area contributed by atoms with E-state index in [2.05, 4.69) is 20.5 Å². The second-order valence-electron chi connectivity index (χ2n) is 7.00. The number of thiophene rings is 1. The summed E-state index contributed by atoms with van der Waals surface area (Å²) in [7, 11) is 0. The van der Waals surface area contributed by atoms with Gasteiger partial charge in [0.1, 0.15) is 16.8 Å². The van der Waals surface area contributed by atoms with E-state index in [9.17, 15) is 14.9 Å². The number of hydrogen-bond acceptors (Lipinski definition) is 7. The van der Waals surface area contributed by atoms with E-state index in [0.29, 0.717) is 17.4 Å². The number of nitrogens with zero attached hydrogens (tertiary/aromatic N) is 3. The van der Waals surface area contributed by atoms with Gasteiger partial charge in [-0.05, 0) is 35.6 Å². The minimum Gasteiger partial charge on any atom is -0.319 e. The first-order chi connectivity index (χ1) is 15.5. The van der Waals surface area contributed by atoms with Gasteiger partial charge in [0, 0.05) is 17.4 Å². The Labute approximate surface area is 192 Å². The Hall–Kier alpha value is -3.50. The summed E-state index contributed by atoms with van der Waals surface area (Å²) >= 11 is 2.82. The largest absolute Gasteiger partial charge is 0.319 e. The summed E-state index contributed by atoms with van der Waals surface area (Å²) in [6.45, 7) is 1.76. The summed E-state index contributed by atoms with van der Waals surface area (Å²) in [6, 6.07) is 17.9. The third-order valence-electron chi connectivity index (χ3n) is 4.60. The van der Waals surface area contributed by atoms with E-state index in [0.717, 1.165) is 16.0 Å². The number of aryl methyl sites for hydroxylation is 1. The molecule has 0 aliphatic carbocycles. The second kappa shape index (κ2) is 9.75. The van der Waals surface area contributed by atoms with Crippen molar-refractivity contribution in [3.8, 4) is 0 Å². The summed E-state index contributed by atoms with van der Waals surface area (Å²) in [5, 5.41) is 23.1. The summed E-state index contributed by atoms with van der Waals surface area (Å²) < 4.78 is 0. The molecule has 4 rings (SSSR count). The second-order valence-corrected chi connectivity index (χ2v) is 9.10. The number of carbonyl (C=O) groups excluding carboxylic acids is 1. The molecule has 0 aliphatic heterocycles. The number of nitro benzene ring substituents is 1. The molecule has 10 heteroatoms. The van der Waals surface area contributed by atoms with Gasteiger partial charge in [-0.2, -0.15) is 0 Å². The van der Waals surface area contributed by atoms with Crippen LogP contribution in [0.2, 0.25) is 0 Å². The average molecular weight is 466 g/mol. The van der Waals surface area contributed by atoms with Gasteiger partial charge in [-0.15, -0.1) is 16.4 Å². The number of anilines is 1. The highest BCUT2D eigenvalue weighted by Crippen LogP contribution is 2.36. The molecule has 2 aromatic carbocycles. The SMILES string of the molecule is Cc1ccc(NC(=O)C(Sc2n[nH]c(Cc3cccs3)n2)c2ccccc2)c([N+](=O)[O-])c1. The highest BCUT2D eigenvalue weighted by molar-refractivity contribution is 8.00. The van der Waals surface area contributed by atoms with Crippen molar-refractivity contribution in [2.24, 2.45) is 0 Å². The van der Waals surface area contributed by atoms with Gasteiger partial charge in [0.05, 0.1) is 4.92 Å². The fourth-order valence-corrected chi connectivity index (χ4v) is 4.73. The molecule has 0 saturated carbocycles. The maximum atomic E-state index is 13.2. The lowest BCUT2D eigenvalue weighted by molar-refractivity contribution is -0.384. The minimum atomic E-state index is -0.692. The molecule has 0 radical (unpaired) electrons. The van der Waals surface area contributed by atoms with Crippen LogP contribution in [0.3, 0.4) is 0 Å². The lowest BCUT2D eigenvalue weighted by Crippen LogP contribution is -2.20. The molecule has 162 valence electrons. The fourth-order valence-electron chi connectivity index (χ4n) is 3.09. The number of aromatic amines is 1. The molecule has 0 bridgehead atoms. The van der Waals surface area contributed by atoms with E-state index in [1.807, 2.05) is 47.8 Å². The van der Waals surface area contributed by atoms with E-state index >= 15 is 0 Å². The van der Waals surface area contributed by atoms with E-state index in [1.165, 1.54) is 17.8 Å². The third-order valence-corrected chi connectivity index (χ3v) is 6.60. The van der Waals surface area contributed by atoms with Crippen LogP contribution < -0.4 is 5.32 Å². The van der Waals surface area contributed by atoms with Crippen LogP contribution in [0.15, 0.2) is 71.2 Å². The van der Waals surface area contributed by atoms with Crippen LogP contribution in [-0.4, -0.2) is 26.0 Å². The van der Waals surface area contributed by atoms with Gasteiger partial charge in [0.2, 0.25) is 11.1 Å². The molecule has 32 heavy (non-hydrogen) atoms. The fraction of sp³-hybridized carbons (Fsp3) is 0.136. The molecular formula is C22H19N5O3S2. The molecular weight excluding hydrogens is 446 g/mol. The number of H-pyrrole nitrogens is 1. The van der Waals surface area contributed by atoms with Crippen molar-refractivity contribution < 1.29 is 9.72 Å². The number of hydrogen-bond donors (Lipinski definition) is 2. The van der Waals surface area contributed by atoms with Gasteiger partial charge in [-0.25, -0.2) is 4.98 Å². The van der Waals surface area contributed by atoms with Crippen molar-refractivity contribution in [3.63, 3.8) is 0 Å². The van der Waals surface area contributed by atoms with Crippen molar-refractivity contribution in [3.05, 3.63) is 98.0 Å². The maximum Gasteiger partial charge on any atom is 0.293 e. The number of aromatic nitrogens is 3. The normalized spacial score (nSPS) is 11.8. The third kappa shape index (κ3) is 5.21. The quantitative estimate of drug-likeness (QED) is 0.211. The predicted octanol–water partition coefficient (Wildman–Crippen LogP) is 5.15. The van der Waals surface area contributed by atoms with E-state index in [-0.39, 0.29) is 11.4 Å². The van der Waals surface area contributed by atoms with Crippen LogP contribution >= 0.6 is 23.1 Å². The number of amides is 1.